The summed E-state index contributed by atoms with van der Waals surface area (Å²) in [4.78, 5) is 14.5. The molecule has 0 aromatic carbocycles. The van der Waals surface area contributed by atoms with Gasteiger partial charge in [-0.1, -0.05) is 24.5 Å². The van der Waals surface area contributed by atoms with Gasteiger partial charge in [0.25, 0.3) is 0 Å². The number of rotatable bonds is 3. The lowest BCUT2D eigenvalue weighted by Gasteiger charge is -2.54. The number of tetrazole rings is 1. The average Bonchev–Trinajstić information content (AvgIpc) is 3.34. The van der Waals surface area contributed by atoms with Crippen molar-refractivity contribution < 1.29 is 9.90 Å². The smallest absolute Gasteiger partial charge is 0.162 e. The van der Waals surface area contributed by atoms with E-state index in [-0.39, 0.29) is 23.7 Å². The van der Waals surface area contributed by atoms with Gasteiger partial charge in [-0.2, -0.15) is 4.80 Å². The molecule has 30 heavy (non-hydrogen) atoms. The predicted molar refractivity (Wildman–Crippen MR) is 112 cm³/mol. The maximum absolute atomic E-state index is 13.1. The molecule has 0 unspecified atom stereocenters. The summed E-state index contributed by atoms with van der Waals surface area (Å²) in [5.41, 5.74) is 0.500. The zero-order chi connectivity index (χ0) is 20.9. The fourth-order valence-corrected chi connectivity index (χ4v) is 7.70. The van der Waals surface area contributed by atoms with Gasteiger partial charge in [0.2, 0.25) is 0 Å². The normalized spacial score (nSPS) is 42.2. The highest BCUT2D eigenvalue weighted by atomic mass is 35.5. The van der Waals surface area contributed by atoms with E-state index in [4.69, 9.17) is 11.6 Å². The minimum absolute atomic E-state index is 0.0731. The summed E-state index contributed by atoms with van der Waals surface area (Å²) in [6, 6.07) is 0. The lowest BCUT2D eigenvalue weighted by atomic mass is 9.51. The molecule has 0 bridgehead atoms. The van der Waals surface area contributed by atoms with Gasteiger partial charge in [0.15, 0.2) is 12.1 Å². The van der Waals surface area contributed by atoms with Crippen molar-refractivity contribution in [2.45, 2.75) is 70.4 Å². The molecule has 0 saturated heterocycles. The van der Waals surface area contributed by atoms with E-state index in [0.717, 1.165) is 32.1 Å². The van der Waals surface area contributed by atoms with E-state index in [9.17, 15) is 9.90 Å². The van der Waals surface area contributed by atoms with Crippen molar-refractivity contribution in [2.24, 2.45) is 35.0 Å². The van der Waals surface area contributed by atoms with Crippen LogP contribution in [-0.2, 0) is 11.3 Å². The van der Waals surface area contributed by atoms with Gasteiger partial charge < -0.3 is 5.11 Å². The molecule has 0 spiro atoms. The second-order valence-corrected chi connectivity index (χ2v) is 10.3. The topological polar surface area (TPSA) is 80.9 Å². The Morgan fingerprint density at radius 3 is 2.93 bits per heavy atom. The molecule has 0 radical (unpaired) electrons. The highest BCUT2D eigenvalue weighted by Gasteiger charge is 2.57. The zero-order valence-electron chi connectivity index (χ0n) is 17.4. The van der Waals surface area contributed by atoms with Crippen LogP contribution in [0.25, 0.3) is 0 Å². The monoisotopic (exact) mass is 428 g/mol. The summed E-state index contributed by atoms with van der Waals surface area (Å²) < 4.78 is 0. The molecule has 1 aromatic heterocycles. The Kier molecular flexibility index (Phi) is 5.02. The first-order chi connectivity index (χ1) is 14.4. The third kappa shape index (κ3) is 3.22. The lowest BCUT2D eigenvalue weighted by molar-refractivity contribution is -0.130. The van der Waals surface area contributed by atoms with Gasteiger partial charge in [-0.25, -0.2) is 0 Å². The Morgan fingerprint density at radius 1 is 1.30 bits per heavy atom. The van der Waals surface area contributed by atoms with Gasteiger partial charge in [0, 0.05) is 17.7 Å². The fraction of sp³-hybridized carbons (Fsp3) is 0.739. The molecule has 0 aliphatic heterocycles. The molecule has 0 amide bonds. The van der Waals surface area contributed by atoms with Crippen LogP contribution in [0.15, 0.2) is 18.0 Å². The van der Waals surface area contributed by atoms with Crippen molar-refractivity contribution >= 4 is 17.4 Å². The van der Waals surface area contributed by atoms with Crippen LogP contribution < -0.4 is 0 Å². The number of Topliss-reactive ketones (excluding diaryl/α,β-unsaturated/α-hetero) is 1. The number of hydrogen-bond acceptors (Lipinski definition) is 5. The minimum Gasteiger partial charge on any atom is -0.377 e. The molecule has 3 saturated carbocycles. The Labute approximate surface area is 182 Å². The van der Waals surface area contributed by atoms with Gasteiger partial charge in [-0.15, -0.1) is 10.2 Å². The zero-order valence-corrected chi connectivity index (χ0v) is 18.2. The lowest BCUT2D eigenvalue weighted by Crippen LogP contribution is -2.48. The van der Waals surface area contributed by atoms with Crippen LogP contribution in [0, 0.1) is 46.3 Å². The van der Waals surface area contributed by atoms with Crippen LogP contribution in [-0.4, -0.2) is 36.7 Å². The Morgan fingerprint density at radius 2 is 2.17 bits per heavy atom. The Balaban J connectivity index is 1.34. The molecule has 7 heteroatoms. The number of halogens is 1. The van der Waals surface area contributed by atoms with Crippen molar-refractivity contribution in [3.05, 3.63) is 18.0 Å². The number of aliphatic hydroxyl groups is 1. The third-order valence-corrected chi connectivity index (χ3v) is 8.96. The molecule has 1 aromatic rings. The number of hydrogen-bond donors (Lipinski definition) is 1. The van der Waals surface area contributed by atoms with Crippen molar-refractivity contribution in [3.63, 3.8) is 0 Å². The molecule has 5 rings (SSSR count). The van der Waals surface area contributed by atoms with Gasteiger partial charge in [-0.05, 0) is 90.8 Å². The highest BCUT2D eigenvalue weighted by molar-refractivity contribution is 6.30. The first-order valence-corrected chi connectivity index (χ1v) is 11.6. The molecule has 1 N–H and O–H groups in total. The van der Waals surface area contributed by atoms with Gasteiger partial charge in [-0.3, -0.25) is 4.79 Å². The first-order valence-electron chi connectivity index (χ1n) is 11.2. The van der Waals surface area contributed by atoms with E-state index in [2.05, 4.69) is 39.7 Å². The van der Waals surface area contributed by atoms with Crippen molar-refractivity contribution in [1.29, 1.82) is 0 Å². The number of carbonyl (C=O) groups excluding carboxylic acids is 1. The van der Waals surface area contributed by atoms with Crippen LogP contribution >= 0.6 is 11.6 Å². The summed E-state index contributed by atoms with van der Waals surface area (Å²) in [7, 11) is 0. The van der Waals surface area contributed by atoms with Crippen LogP contribution in [0.3, 0.4) is 0 Å². The SMILES string of the molecule is C[C@]12CC[C@H]3[C@@H](CC=C4C[C@](O)(C#CCl)CC[C@@H]43)[C@@H]1CC[C@@H]2C(=O)Cn1ncnn1. The third-order valence-electron chi connectivity index (χ3n) is 8.86. The van der Waals surface area contributed by atoms with E-state index in [1.807, 2.05) is 0 Å². The van der Waals surface area contributed by atoms with Gasteiger partial charge in [0.1, 0.15) is 12.1 Å². The number of aromatic nitrogens is 4. The van der Waals surface area contributed by atoms with Crippen molar-refractivity contribution in [1.82, 2.24) is 20.2 Å². The standard InChI is InChI=1S/C23H29ClN4O2/c1-22-8-6-17-16-7-9-23(30,10-11-24)12-15(16)2-3-18(17)19(22)4-5-20(22)21(29)13-28-26-14-25-27-28/h2,14,16-20,30H,3-9,12-13H2,1H3/t16-,17+,18+,19-,20+,22-,23+/m0/s1. The van der Waals surface area contributed by atoms with Crippen LogP contribution in [0.4, 0.5) is 0 Å². The summed E-state index contributed by atoms with van der Waals surface area (Å²) in [5, 5.41) is 24.8. The minimum atomic E-state index is -0.958. The number of allylic oxidation sites excluding steroid dienone is 1. The van der Waals surface area contributed by atoms with Gasteiger partial charge in [0.05, 0.1) is 0 Å². The van der Waals surface area contributed by atoms with Crippen LogP contribution in [0.2, 0.25) is 0 Å². The quantitative estimate of drug-likeness (QED) is 0.589. The largest absolute Gasteiger partial charge is 0.377 e. The molecule has 3 fully saturated rings. The van der Waals surface area contributed by atoms with E-state index >= 15 is 0 Å². The molecule has 160 valence electrons. The summed E-state index contributed by atoms with van der Waals surface area (Å²) in [6.07, 6.45) is 11.5. The predicted octanol–water partition coefficient (Wildman–Crippen LogP) is 3.36. The van der Waals surface area contributed by atoms with E-state index < -0.39 is 5.60 Å². The molecule has 4 aliphatic carbocycles. The molecule has 6 nitrogen and oxygen atoms in total. The second-order valence-electron chi connectivity index (χ2n) is 10.1. The summed E-state index contributed by atoms with van der Waals surface area (Å²) in [6.45, 7) is 2.58. The van der Waals surface area contributed by atoms with E-state index in [1.165, 1.54) is 23.1 Å². The number of nitrogens with zero attached hydrogens (tertiary/aromatic N) is 4. The number of carbonyl (C=O) groups is 1. The van der Waals surface area contributed by atoms with Crippen LogP contribution in [0.1, 0.15) is 58.3 Å². The molecule has 4 aliphatic rings. The van der Waals surface area contributed by atoms with Gasteiger partial charge >= 0.3 is 0 Å². The highest BCUT2D eigenvalue weighted by Crippen LogP contribution is 2.63. The van der Waals surface area contributed by atoms with E-state index in [0.29, 0.717) is 36.5 Å². The van der Waals surface area contributed by atoms with E-state index in [1.54, 1.807) is 0 Å². The average molecular weight is 429 g/mol. The first kappa shape index (κ1) is 20.2. The molecule has 7 atom stereocenters. The summed E-state index contributed by atoms with van der Waals surface area (Å²) in [5.74, 6) is 5.63. The van der Waals surface area contributed by atoms with Crippen LogP contribution in [0.5, 0.6) is 0 Å². The van der Waals surface area contributed by atoms with Crippen molar-refractivity contribution in [3.8, 4) is 11.3 Å². The fourth-order valence-electron chi connectivity index (χ4n) is 7.53. The molecule has 1 heterocycles. The molecular formula is C23H29ClN4O2. The Hall–Kier alpha value is -1.71. The number of fused-ring (bicyclic) bond motifs is 5. The number of ketones is 1. The molecular weight excluding hydrogens is 400 g/mol. The maximum Gasteiger partial charge on any atom is 0.162 e. The Bertz CT molecular complexity index is 919. The van der Waals surface area contributed by atoms with Crippen molar-refractivity contribution in [2.75, 3.05) is 0 Å². The second kappa shape index (κ2) is 7.46. The summed E-state index contributed by atoms with van der Waals surface area (Å²) >= 11 is 5.59. The maximum atomic E-state index is 13.1.